The van der Waals surface area contributed by atoms with Crippen molar-refractivity contribution in [3.05, 3.63) is 71.5 Å². The predicted molar refractivity (Wildman–Crippen MR) is 74.6 cm³/mol. The van der Waals surface area contributed by atoms with Crippen LogP contribution in [-0.4, -0.2) is 5.78 Å². The van der Waals surface area contributed by atoms with Crippen LogP contribution in [0.4, 0.5) is 4.39 Å². The van der Waals surface area contributed by atoms with E-state index in [0.29, 0.717) is 12.0 Å². The predicted octanol–water partition coefficient (Wildman–Crippen LogP) is 4.13. The van der Waals surface area contributed by atoms with E-state index < -0.39 is 0 Å². The molecule has 0 fully saturated rings. The number of benzene rings is 2. The molecule has 0 aliphatic carbocycles. The Morgan fingerprint density at radius 2 is 1.68 bits per heavy atom. The molecule has 0 spiro atoms. The first kappa shape index (κ1) is 13.5. The molecule has 0 aromatic heterocycles. The molecule has 0 saturated heterocycles. The Morgan fingerprint density at radius 1 is 1.05 bits per heavy atom. The van der Waals surface area contributed by atoms with E-state index in [1.54, 1.807) is 18.2 Å². The molecule has 0 amide bonds. The fraction of sp³-hybridized carbons (Fsp3) is 0.235. The first-order valence-corrected chi connectivity index (χ1v) is 6.47. The molecule has 1 nitrogen and oxygen atoms in total. The molecule has 0 heterocycles. The summed E-state index contributed by atoms with van der Waals surface area (Å²) in [6, 6.07) is 16.4. The Hall–Kier alpha value is -1.96. The van der Waals surface area contributed by atoms with Gasteiger partial charge in [0.2, 0.25) is 0 Å². The van der Waals surface area contributed by atoms with Crippen LogP contribution in [0.25, 0.3) is 0 Å². The van der Waals surface area contributed by atoms with Crippen molar-refractivity contribution in [3.63, 3.8) is 0 Å². The van der Waals surface area contributed by atoms with Crippen LogP contribution in [0.5, 0.6) is 0 Å². The van der Waals surface area contributed by atoms with E-state index in [4.69, 9.17) is 0 Å². The maximum atomic E-state index is 13.5. The fourth-order valence-electron chi connectivity index (χ4n) is 2.17. The van der Waals surface area contributed by atoms with Crippen LogP contribution in [0.15, 0.2) is 54.6 Å². The Bertz CT molecular complexity index is 548. The van der Waals surface area contributed by atoms with Crippen molar-refractivity contribution in [3.8, 4) is 0 Å². The van der Waals surface area contributed by atoms with Crippen molar-refractivity contribution in [2.24, 2.45) is 0 Å². The molecule has 1 unspecified atom stereocenters. The van der Waals surface area contributed by atoms with E-state index in [1.807, 2.05) is 37.3 Å². The maximum Gasteiger partial charge on any atom is 0.137 e. The first-order chi connectivity index (χ1) is 9.16. The number of hydrogen-bond donors (Lipinski definition) is 0. The third kappa shape index (κ3) is 3.75. The lowest BCUT2D eigenvalue weighted by atomic mass is 9.93. The molecule has 2 aromatic rings. The zero-order valence-corrected chi connectivity index (χ0v) is 11.0. The van der Waals surface area contributed by atoms with Gasteiger partial charge in [0.1, 0.15) is 11.6 Å². The number of carbonyl (C=O) groups excluding carboxylic acids is 1. The lowest BCUT2D eigenvalue weighted by molar-refractivity contribution is -0.118. The lowest BCUT2D eigenvalue weighted by Crippen LogP contribution is -2.08. The summed E-state index contributed by atoms with van der Waals surface area (Å²) in [4.78, 5) is 12.0. The number of rotatable bonds is 5. The van der Waals surface area contributed by atoms with Gasteiger partial charge in [-0.05, 0) is 23.1 Å². The highest BCUT2D eigenvalue weighted by Crippen LogP contribution is 2.20. The summed E-state index contributed by atoms with van der Waals surface area (Å²) < 4.78 is 13.5. The van der Waals surface area contributed by atoms with Gasteiger partial charge >= 0.3 is 0 Å². The zero-order valence-electron chi connectivity index (χ0n) is 11.0. The summed E-state index contributed by atoms with van der Waals surface area (Å²) in [5.41, 5.74) is 1.62. The minimum Gasteiger partial charge on any atom is -0.299 e. The highest BCUT2D eigenvalue weighted by atomic mass is 19.1. The van der Waals surface area contributed by atoms with E-state index in [-0.39, 0.29) is 23.9 Å². The molecule has 98 valence electrons. The van der Waals surface area contributed by atoms with Crippen LogP contribution in [-0.2, 0) is 11.2 Å². The number of Topliss-reactive ketones (excluding diaryl/α,β-unsaturated/α-hetero) is 1. The van der Waals surface area contributed by atoms with Gasteiger partial charge in [0.25, 0.3) is 0 Å². The van der Waals surface area contributed by atoms with Crippen molar-refractivity contribution < 1.29 is 9.18 Å². The van der Waals surface area contributed by atoms with Crippen molar-refractivity contribution in [1.82, 2.24) is 0 Å². The van der Waals surface area contributed by atoms with Crippen LogP contribution < -0.4 is 0 Å². The molecular weight excluding hydrogens is 239 g/mol. The number of hydrogen-bond acceptors (Lipinski definition) is 1. The maximum absolute atomic E-state index is 13.5. The van der Waals surface area contributed by atoms with Gasteiger partial charge in [-0.1, -0.05) is 55.5 Å². The quantitative estimate of drug-likeness (QED) is 0.786. The second kappa shape index (κ2) is 6.28. The SMILES string of the molecule is CC(CC(=O)Cc1ccccc1F)c1ccccc1. The summed E-state index contributed by atoms with van der Waals surface area (Å²) in [5.74, 6) is -0.0647. The largest absolute Gasteiger partial charge is 0.299 e. The number of halogens is 1. The second-order valence-electron chi connectivity index (χ2n) is 4.82. The Kier molecular flexibility index (Phi) is 4.45. The average Bonchev–Trinajstić information content (AvgIpc) is 2.42. The van der Waals surface area contributed by atoms with E-state index in [1.165, 1.54) is 6.07 Å². The average molecular weight is 256 g/mol. The summed E-state index contributed by atoms with van der Waals surface area (Å²) >= 11 is 0. The molecule has 2 aromatic carbocycles. The normalized spacial score (nSPS) is 12.1. The summed E-state index contributed by atoms with van der Waals surface area (Å²) in [6.07, 6.45) is 0.613. The topological polar surface area (TPSA) is 17.1 Å². The monoisotopic (exact) mass is 256 g/mol. The van der Waals surface area contributed by atoms with Gasteiger partial charge in [-0.25, -0.2) is 4.39 Å². The van der Waals surface area contributed by atoms with Gasteiger partial charge in [0.15, 0.2) is 0 Å². The number of carbonyl (C=O) groups is 1. The molecule has 0 aliphatic heterocycles. The van der Waals surface area contributed by atoms with Gasteiger partial charge in [0.05, 0.1) is 0 Å². The smallest absolute Gasteiger partial charge is 0.137 e. The van der Waals surface area contributed by atoms with Crippen molar-refractivity contribution >= 4 is 5.78 Å². The van der Waals surface area contributed by atoms with Crippen molar-refractivity contribution in [1.29, 1.82) is 0 Å². The van der Waals surface area contributed by atoms with Crippen LogP contribution in [0.1, 0.15) is 30.4 Å². The molecular formula is C17H17FO. The van der Waals surface area contributed by atoms with Crippen LogP contribution in [0, 0.1) is 5.82 Å². The van der Waals surface area contributed by atoms with Gasteiger partial charge in [-0.15, -0.1) is 0 Å². The van der Waals surface area contributed by atoms with E-state index in [9.17, 15) is 9.18 Å². The van der Waals surface area contributed by atoms with Crippen LogP contribution in [0.2, 0.25) is 0 Å². The summed E-state index contributed by atoms with van der Waals surface area (Å²) in [5, 5.41) is 0. The van der Waals surface area contributed by atoms with Gasteiger partial charge < -0.3 is 0 Å². The molecule has 0 aliphatic rings. The molecule has 19 heavy (non-hydrogen) atoms. The third-order valence-corrected chi connectivity index (χ3v) is 3.25. The standard InChI is InChI=1S/C17H17FO/c1-13(14-7-3-2-4-8-14)11-16(19)12-15-9-5-6-10-17(15)18/h2-10,13H,11-12H2,1H3. The van der Waals surface area contributed by atoms with E-state index >= 15 is 0 Å². The van der Waals surface area contributed by atoms with Crippen LogP contribution in [0.3, 0.4) is 0 Å². The van der Waals surface area contributed by atoms with Gasteiger partial charge in [0, 0.05) is 12.8 Å². The Labute approximate surface area is 113 Å². The first-order valence-electron chi connectivity index (χ1n) is 6.47. The lowest BCUT2D eigenvalue weighted by Gasteiger charge is -2.11. The minimum absolute atomic E-state index is 0.0708. The van der Waals surface area contributed by atoms with Gasteiger partial charge in [-0.3, -0.25) is 4.79 Å². The zero-order chi connectivity index (χ0) is 13.7. The summed E-state index contributed by atoms with van der Waals surface area (Å²) in [6.45, 7) is 2.02. The molecule has 1 atom stereocenters. The molecule has 0 N–H and O–H groups in total. The van der Waals surface area contributed by atoms with E-state index in [0.717, 1.165) is 5.56 Å². The summed E-state index contributed by atoms with van der Waals surface area (Å²) in [7, 11) is 0. The second-order valence-corrected chi connectivity index (χ2v) is 4.82. The molecule has 2 heteroatoms. The fourth-order valence-corrected chi connectivity index (χ4v) is 2.17. The highest BCUT2D eigenvalue weighted by Gasteiger charge is 2.13. The van der Waals surface area contributed by atoms with Crippen LogP contribution >= 0.6 is 0 Å². The Morgan fingerprint density at radius 3 is 2.37 bits per heavy atom. The third-order valence-electron chi connectivity index (χ3n) is 3.25. The van der Waals surface area contributed by atoms with Crippen molar-refractivity contribution in [2.75, 3.05) is 0 Å². The Balaban J connectivity index is 1.97. The van der Waals surface area contributed by atoms with Crippen molar-refractivity contribution in [2.45, 2.75) is 25.7 Å². The molecule has 0 bridgehead atoms. The molecule has 0 saturated carbocycles. The minimum atomic E-state index is -0.303. The highest BCUT2D eigenvalue weighted by molar-refractivity contribution is 5.81. The number of ketones is 1. The van der Waals surface area contributed by atoms with Gasteiger partial charge in [-0.2, -0.15) is 0 Å². The van der Waals surface area contributed by atoms with E-state index in [2.05, 4.69) is 0 Å². The molecule has 2 rings (SSSR count). The molecule has 0 radical (unpaired) electrons.